The van der Waals surface area contributed by atoms with Crippen molar-refractivity contribution in [3.63, 3.8) is 0 Å². The van der Waals surface area contributed by atoms with Crippen LogP contribution in [-0.4, -0.2) is 24.6 Å². The second kappa shape index (κ2) is 5.60. The Morgan fingerprint density at radius 2 is 2.06 bits per heavy atom. The van der Waals surface area contributed by atoms with Crippen LogP contribution < -0.4 is 4.74 Å². The summed E-state index contributed by atoms with van der Waals surface area (Å²) in [5.74, 6) is 0.833. The van der Waals surface area contributed by atoms with Gasteiger partial charge in [-0.3, -0.25) is 4.90 Å². The molecule has 0 saturated heterocycles. The van der Waals surface area contributed by atoms with E-state index in [1.165, 1.54) is 0 Å². The Kier molecular flexibility index (Phi) is 4.61. The highest BCUT2D eigenvalue weighted by Crippen LogP contribution is 2.29. The lowest BCUT2D eigenvalue weighted by molar-refractivity contribution is 0.200. The summed E-state index contributed by atoms with van der Waals surface area (Å²) in [4.78, 5) is 1.97. The SMILES string of the molecule is COc1c(C)cc(Cl)cc1CN(C)C(C)(C)C#N. The van der Waals surface area contributed by atoms with Gasteiger partial charge in [0.2, 0.25) is 0 Å². The summed E-state index contributed by atoms with van der Waals surface area (Å²) < 4.78 is 5.41. The molecule has 1 aromatic rings. The summed E-state index contributed by atoms with van der Waals surface area (Å²) in [5.41, 5.74) is 1.47. The first kappa shape index (κ1) is 14.8. The van der Waals surface area contributed by atoms with Crippen LogP contribution in [0.5, 0.6) is 5.75 Å². The smallest absolute Gasteiger partial charge is 0.126 e. The van der Waals surface area contributed by atoms with Crippen molar-refractivity contribution >= 4 is 11.6 Å². The predicted molar refractivity (Wildman–Crippen MR) is 73.9 cm³/mol. The molecule has 0 fully saturated rings. The maximum atomic E-state index is 9.13. The van der Waals surface area contributed by atoms with Gasteiger partial charge in [0.25, 0.3) is 0 Å². The van der Waals surface area contributed by atoms with E-state index >= 15 is 0 Å². The Labute approximate surface area is 114 Å². The minimum absolute atomic E-state index is 0.527. The van der Waals surface area contributed by atoms with Crippen LogP contribution in [0.1, 0.15) is 25.0 Å². The highest BCUT2D eigenvalue weighted by atomic mass is 35.5. The van der Waals surface area contributed by atoms with E-state index in [1.54, 1.807) is 7.11 Å². The van der Waals surface area contributed by atoms with E-state index in [-0.39, 0.29) is 0 Å². The number of hydrogen-bond donors (Lipinski definition) is 0. The third kappa shape index (κ3) is 3.16. The Morgan fingerprint density at radius 1 is 1.44 bits per heavy atom. The summed E-state index contributed by atoms with van der Waals surface area (Å²) in [6, 6.07) is 6.04. The van der Waals surface area contributed by atoms with Gasteiger partial charge < -0.3 is 4.74 Å². The van der Waals surface area contributed by atoms with Crippen molar-refractivity contribution in [1.82, 2.24) is 4.90 Å². The molecular formula is C14H19ClN2O. The first-order valence-corrected chi connectivity index (χ1v) is 6.15. The average Bonchev–Trinajstić information content (AvgIpc) is 2.28. The number of methoxy groups -OCH3 is 1. The molecule has 1 aromatic carbocycles. The molecule has 4 heteroatoms. The fourth-order valence-corrected chi connectivity index (χ4v) is 2.04. The molecule has 0 unspecified atom stereocenters. The number of aryl methyl sites for hydroxylation is 1. The lowest BCUT2D eigenvalue weighted by Gasteiger charge is -2.29. The maximum Gasteiger partial charge on any atom is 0.126 e. The quantitative estimate of drug-likeness (QED) is 0.838. The zero-order chi connectivity index (χ0) is 13.9. The van der Waals surface area contributed by atoms with Crippen LogP contribution in [0.4, 0.5) is 0 Å². The number of nitrogens with zero attached hydrogens (tertiary/aromatic N) is 2. The number of hydrogen-bond acceptors (Lipinski definition) is 3. The molecule has 3 nitrogen and oxygen atoms in total. The third-order valence-corrected chi connectivity index (χ3v) is 3.37. The fourth-order valence-electron chi connectivity index (χ4n) is 1.75. The average molecular weight is 267 g/mol. The number of benzene rings is 1. The molecule has 0 aliphatic heterocycles. The fraction of sp³-hybridized carbons (Fsp3) is 0.500. The van der Waals surface area contributed by atoms with E-state index < -0.39 is 5.54 Å². The van der Waals surface area contributed by atoms with Crippen LogP contribution in [0, 0.1) is 18.3 Å². The van der Waals surface area contributed by atoms with Crippen LogP contribution in [0.25, 0.3) is 0 Å². The van der Waals surface area contributed by atoms with Crippen molar-refractivity contribution in [2.45, 2.75) is 32.9 Å². The van der Waals surface area contributed by atoms with E-state index in [0.29, 0.717) is 11.6 Å². The van der Waals surface area contributed by atoms with Crippen molar-refractivity contribution in [1.29, 1.82) is 5.26 Å². The second-order valence-corrected chi connectivity index (χ2v) is 5.38. The Morgan fingerprint density at radius 3 is 2.56 bits per heavy atom. The number of ether oxygens (including phenoxy) is 1. The molecule has 0 atom stereocenters. The van der Waals surface area contributed by atoms with E-state index in [4.69, 9.17) is 21.6 Å². The van der Waals surface area contributed by atoms with Gasteiger partial charge in [0, 0.05) is 17.1 Å². The molecule has 1 rings (SSSR count). The van der Waals surface area contributed by atoms with Gasteiger partial charge in [0.05, 0.1) is 13.2 Å². The van der Waals surface area contributed by atoms with Gasteiger partial charge in [-0.2, -0.15) is 5.26 Å². The molecule has 0 heterocycles. The highest BCUT2D eigenvalue weighted by molar-refractivity contribution is 6.30. The number of rotatable bonds is 4. The van der Waals surface area contributed by atoms with Gasteiger partial charge in [-0.1, -0.05) is 11.6 Å². The molecule has 18 heavy (non-hydrogen) atoms. The molecule has 0 N–H and O–H groups in total. The Hall–Kier alpha value is -1.24. The summed E-state index contributed by atoms with van der Waals surface area (Å²) in [6.07, 6.45) is 0. The van der Waals surface area contributed by atoms with Gasteiger partial charge in [-0.15, -0.1) is 0 Å². The largest absolute Gasteiger partial charge is 0.496 e. The van der Waals surface area contributed by atoms with Crippen molar-refractivity contribution in [2.24, 2.45) is 0 Å². The molecule has 0 spiro atoms. The summed E-state index contributed by atoms with van der Waals surface area (Å²) in [5, 5.41) is 9.82. The monoisotopic (exact) mass is 266 g/mol. The topological polar surface area (TPSA) is 36.3 Å². The molecule has 0 aliphatic rings. The van der Waals surface area contributed by atoms with Gasteiger partial charge in [-0.25, -0.2) is 0 Å². The first-order chi connectivity index (χ1) is 8.31. The normalized spacial score (nSPS) is 11.4. The van der Waals surface area contributed by atoms with Gasteiger partial charge in [0.1, 0.15) is 11.3 Å². The van der Waals surface area contributed by atoms with E-state index in [1.807, 2.05) is 44.9 Å². The van der Waals surface area contributed by atoms with Crippen LogP contribution in [0.2, 0.25) is 5.02 Å². The second-order valence-electron chi connectivity index (χ2n) is 4.94. The summed E-state index contributed by atoms with van der Waals surface area (Å²) in [7, 11) is 3.56. The van der Waals surface area contributed by atoms with Crippen molar-refractivity contribution in [3.8, 4) is 11.8 Å². The zero-order valence-corrected chi connectivity index (χ0v) is 12.3. The minimum atomic E-state index is -0.527. The van der Waals surface area contributed by atoms with E-state index in [0.717, 1.165) is 16.9 Å². The molecule has 0 saturated carbocycles. The molecule has 0 amide bonds. The molecule has 98 valence electrons. The van der Waals surface area contributed by atoms with Crippen molar-refractivity contribution in [2.75, 3.05) is 14.2 Å². The summed E-state index contributed by atoms with van der Waals surface area (Å²) in [6.45, 7) is 6.35. The van der Waals surface area contributed by atoms with Crippen LogP contribution in [-0.2, 0) is 6.54 Å². The van der Waals surface area contributed by atoms with Gasteiger partial charge >= 0.3 is 0 Å². The zero-order valence-electron chi connectivity index (χ0n) is 11.5. The lowest BCUT2D eigenvalue weighted by Crippen LogP contribution is -2.39. The van der Waals surface area contributed by atoms with Crippen LogP contribution in [0.3, 0.4) is 0 Å². The maximum absolute atomic E-state index is 9.13. The van der Waals surface area contributed by atoms with Crippen molar-refractivity contribution in [3.05, 3.63) is 28.3 Å². The summed E-state index contributed by atoms with van der Waals surface area (Å²) >= 11 is 6.07. The Balaban J connectivity index is 3.08. The number of nitriles is 1. The molecule has 0 radical (unpaired) electrons. The van der Waals surface area contributed by atoms with Gasteiger partial charge in [-0.05, 0) is 45.5 Å². The third-order valence-electron chi connectivity index (χ3n) is 3.16. The standard InChI is InChI=1S/C14H19ClN2O/c1-10-6-12(15)7-11(13(10)18-5)8-17(4)14(2,3)9-16/h6-7H,8H2,1-5H3. The predicted octanol–water partition coefficient (Wildman–Crippen LogP) is 3.39. The van der Waals surface area contributed by atoms with E-state index in [2.05, 4.69) is 6.07 Å². The van der Waals surface area contributed by atoms with E-state index in [9.17, 15) is 0 Å². The molecule has 0 aromatic heterocycles. The Bertz CT molecular complexity index is 477. The minimum Gasteiger partial charge on any atom is -0.496 e. The molecular weight excluding hydrogens is 248 g/mol. The lowest BCUT2D eigenvalue weighted by atomic mass is 10.0. The first-order valence-electron chi connectivity index (χ1n) is 5.77. The van der Waals surface area contributed by atoms with Crippen molar-refractivity contribution < 1.29 is 4.74 Å². The number of halogens is 1. The van der Waals surface area contributed by atoms with Gasteiger partial charge in [0.15, 0.2) is 0 Å². The molecule has 0 bridgehead atoms. The van der Waals surface area contributed by atoms with Crippen LogP contribution in [0.15, 0.2) is 12.1 Å². The molecule has 0 aliphatic carbocycles. The highest BCUT2D eigenvalue weighted by Gasteiger charge is 2.24. The van der Waals surface area contributed by atoms with Crippen LogP contribution >= 0.6 is 11.6 Å².